The number of thiazole rings is 1. The van der Waals surface area contributed by atoms with E-state index in [0.29, 0.717) is 42.7 Å². The molecule has 0 unspecified atom stereocenters. The van der Waals surface area contributed by atoms with Crippen molar-refractivity contribution in [3.63, 3.8) is 0 Å². The quantitative estimate of drug-likeness (QED) is 0.767. The lowest BCUT2D eigenvalue weighted by Crippen LogP contribution is -2.58. The number of carbonyl (C=O) groups excluding carboxylic acids is 2. The third-order valence-electron chi connectivity index (χ3n) is 4.97. The minimum atomic E-state index is -0.252. The highest BCUT2D eigenvalue weighted by Crippen LogP contribution is 2.26. The molecule has 0 aliphatic carbocycles. The molecule has 0 bridgehead atoms. The summed E-state index contributed by atoms with van der Waals surface area (Å²) in [4.78, 5) is 30.8. The number of carbonyl (C=O) groups is 2. The predicted octanol–water partition coefficient (Wildman–Crippen LogP) is 0.563. The Morgan fingerprint density at radius 1 is 1.48 bits per heavy atom. The first-order chi connectivity index (χ1) is 13.0. The van der Waals surface area contributed by atoms with E-state index in [-0.39, 0.29) is 35.9 Å². The Morgan fingerprint density at radius 3 is 3.04 bits per heavy atom. The van der Waals surface area contributed by atoms with Gasteiger partial charge in [-0.1, -0.05) is 13.8 Å². The molecule has 27 heavy (non-hydrogen) atoms. The van der Waals surface area contributed by atoms with Crippen molar-refractivity contribution in [2.45, 2.75) is 50.7 Å². The average Bonchev–Trinajstić information content (AvgIpc) is 3.37. The Morgan fingerprint density at radius 2 is 2.33 bits per heavy atom. The minimum absolute atomic E-state index is 0.00523. The van der Waals surface area contributed by atoms with Gasteiger partial charge in [-0.2, -0.15) is 0 Å². The van der Waals surface area contributed by atoms with Crippen molar-refractivity contribution < 1.29 is 14.0 Å². The van der Waals surface area contributed by atoms with Crippen molar-refractivity contribution in [3.8, 4) is 0 Å². The Labute approximate surface area is 160 Å². The highest BCUT2D eigenvalue weighted by Gasteiger charge is 2.44. The molecule has 3 atom stereocenters. The van der Waals surface area contributed by atoms with E-state index < -0.39 is 0 Å². The lowest BCUT2D eigenvalue weighted by molar-refractivity contribution is -0.129. The van der Waals surface area contributed by atoms with Gasteiger partial charge in [0.25, 0.3) is 5.91 Å². The number of nitrogens with zero attached hydrogens (tertiary/aromatic N) is 4. The molecule has 2 amide bonds. The van der Waals surface area contributed by atoms with Crippen molar-refractivity contribution in [2.75, 3.05) is 13.1 Å². The zero-order valence-electron chi connectivity index (χ0n) is 15.2. The van der Waals surface area contributed by atoms with E-state index in [4.69, 9.17) is 4.42 Å². The van der Waals surface area contributed by atoms with Crippen LogP contribution in [0, 0.1) is 0 Å². The number of fused-ring (bicyclic) bond motifs is 1. The van der Waals surface area contributed by atoms with Crippen LogP contribution >= 0.6 is 11.3 Å². The SMILES string of the molecule is CC(C)c1nnc(C[C@@H]2CNC(=O)[C@@H]3C[C@H](NC(=O)c4nccs4)CN23)o1. The van der Waals surface area contributed by atoms with Crippen molar-refractivity contribution in [1.29, 1.82) is 0 Å². The molecule has 144 valence electrons. The Kier molecular flexibility index (Phi) is 4.92. The predicted molar refractivity (Wildman–Crippen MR) is 97.4 cm³/mol. The molecule has 2 fully saturated rings. The van der Waals surface area contributed by atoms with Gasteiger partial charge in [0, 0.05) is 49.1 Å². The Bertz CT molecular complexity index is 821. The second-order valence-electron chi connectivity index (χ2n) is 7.25. The summed E-state index contributed by atoms with van der Waals surface area (Å²) < 4.78 is 5.73. The number of nitrogens with one attached hydrogen (secondary N) is 2. The summed E-state index contributed by atoms with van der Waals surface area (Å²) in [6.45, 7) is 5.15. The van der Waals surface area contributed by atoms with Gasteiger partial charge in [-0.15, -0.1) is 21.5 Å². The fourth-order valence-electron chi connectivity index (χ4n) is 3.64. The maximum Gasteiger partial charge on any atom is 0.280 e. The van der Waals surface area contributed by atoms with E-state index in [2.05, 4.69) is 30.7 Å². The van der Waals surface area contributed by atoms with Gasteiger partial charge in [-0.3, -0.25) is 14.5 Å². The molecule has 4 rings (SSSR count). The van der Waals surface area contributed by atoms with Gasteiger partial charge in [0.05, 0.1) is 6.04 Å². The van der Waals surface area contributed by atoms with E-state index in [1.54, 1.807) is 11.6 Å². The van der Waals surface area contributed by atoms with Gasteiger partial charge < -0.3 is 15.1 Å². The number of amides is 2. The average molecular weight is 390 g/mol. The molecule has 0 saturated carbocycles. The number of rotatable bonds is 5. The molecule has 10 heteroatoms. The molecule has 2 N–H and O–H groups in total. The van der Waals surface area contributed by atoms with Crippen LogP contribution in [-0.4, -0.2) is 63.1 Å². The van der Waals surface area contributed by atoms with Crippen LogP contribution in [0.4, 0.5) is 0 Å². The molecule has 2 saturated heterocycles. The van der Waals surface area contributed by atoms with Crippen molar-refractivity contribution in [2.24, 2.45) is 0 Å². The third-order valence-corrected chi connectivity index (χ3v) is 5.74. The van der Waals surface area contributed by atoms with Gasteiger partial charge in [0.15, 0.2) is 5.01 Å². The van der Waals surface area contributed by atoms with E-state index in [0.717, 1.165) is 0 Å². The van der Waals surface area contributed by atoms with Gasteiger partial charge in [0.2, 0.25) is 17.7 Å². The van der Waals surface area contributed by atoms with Gasteiger partial charge in [-0.25, -0.2) is 4.98 Å². The van der Waals surface area contributed by atoms with Crippen LogP contribution in [0.5, 0.6) is 0 Å². The van der Waals surface area contributed by atoms with Crippen LogP contribution in [0.3, 0.4) is 0 Å². The summed E-state index contributed by atoms with van der Waals surface area (Å²) in [5.41, 5.74) is 0. The molecule has 9 nitrogen and oxygen atoms in total. The summed E-state index contributed by atoms with van der Waals surface area (Å²) in [5.74, 6) is 1.20. The zero-order valence-corrected chi connectivity index (χ0v) is 16.0. The summed E-state index contributed by atoms with van der Waals surface area (Å²) in [6, 6.07) is -0.278. The second-order valence-corrected chi connectivity index (χ2v) is 8.14. The molecule has 0 aromatic carbocycles. The number of hydrogen-bond acceptors (Lipinski definition) is 8. The van der Waals surface area contributed by atoms with Crippen LogP contribution in [0.15, 0.2) is 16.0 Å². The highest BCUT2D eigenvalue weighted by atomic mass is 32.1. The molecule has 2 aromatic heterocycles. The molecule has 2 aliphatic heterocycles. The van der Waals surface area contributed by atoms with Gasteiger partial charge in [-0.05, 0) is 6.42 Å². The molecular formula is C17H22N6O3S. The summed E-state index contributed by atoms with van der Waals surface area (Å²) in [7, 11) is 0. The van der Waals surface area contributed by atoms with E-state index in [1.807, 2.05) is 13.8 Å². The van der Waals surface area contributed by atoms with E-state index in [1.165, 1.54) is 11.3 Å². The summed E-state index contributed by atoms with van der Waals surface area (Å²) >= 11 is 1.30. The van der Waals surface area contributed by atoms with Crippen LogP contribution < -0.4 is 10.6 Å². The van der Waals surface area contributed by atoms with Crippen molar-refractivity contribution in [3.05, 3.63) is 28.4 Å². The highest BCUT2D eigenvalue weighted by molar-refractivity contribution is 7.11. The van der Waals surface area contributed by atoms with Crippen LogP contribution in [0.2, 0.25) is 0 Å². The third kappa shape index (κ3) is 3.72. The lowest BCUT2D eigenvalue weighted by atomic mass is 10.1. The topological polar surface area (TPSA) is 113 Å². The fraction of sp³-hybridized carbons (Fsp3) is 0.588. The maximum absolute atomic E-state index is 12.3. The Balaban J connectivity index is 1.43. The zero-order chi connectivity index (χ0) is 19.0. The van der Waals surface area contributed by atoms with Crippen LogP contribution in [0.1, 0.15) is 47.8 Å². The first kappa shape index (κ1) is 18.1. The van der Waals surface area contributed by atoms with Crippen LogP contribution in [-0.2, 0) is 11.2 Å². The minimum Gasteiger partial charge on any atom is -0.425 e. The molecule has 2 aromatic rings. The van der Waals surface area contributed by atoms with Crippen molar-refractivity contribution in [1.82, 2.24) is 30.7 Å². The fourth-order valence-corrected chi connectivity index (χ4v) is 4.17. The standard InChI is InChI=1S/C17H22N6O3S/c1-9(2)16-22-21-13(26-16)6-11-7-19-14(24)12-5-10(8-23(11)12)20-15(25)17-18-3-4-27-17/h3-4,9-12H,5-8H2,1-2H3,(H,19,24)(H,20,25)/t10-,11+,12-/m0/s1. The lowest BCUT2D eigenvalue weighted by Gasteiger charge is -2.36. The molecule has 0 spiro atoms. The van der Waals surface area contributed by atoms with E-state index >= 15 is 0 Å². The first-order valence-corrected chi connectivity index (χ1v) is 9.95. The molecule has 4 heterocycles. The van der Waals surface area contributed by atoms with Crippen LogP contribution in [0.25, 0.3) is 0 Å². The molecule has 0 radical (unpaired) electrons. The first-order valence-electron chi connectivity index (χ1n) is 9.07. The maximum atomic E-state index is 12.3. The number of piperazine rings is 1. The Hall–Kier alpha value is -2.33. The number of hydrogen-bond donors (Lipinski definition) is 2. The van der Waals surface area contributed by atoms with Gasteiger partial charge >= 0.3 is 0 Å². The van der Waals surface area contributed by atoms with Gasteiger partial charge in [0.1, 0.15) is 0 Å². The molecular weight excluding hydrogens is 368 g/mol. The monoisotopic (exact) mass is 390 g/mol. The normalized spacial score (nSPS) is 25.4. The number of aromatic nitrogens is 3. The second kappa shape index (κ2) is 7.35. The largest absolute Gasteiger partial charge is 0.425 e. The summed E-state index contributed by atoms with van der Waals surface area (Å²) in [5, 5.41) is 16.4. The smallest absolute Gasteiger partial charge is 0.280 e. The van der Waals surface area contributed by atoms with Crippen molar-refractivity contribution >= 4 is 23.2 Å². The molecule has 2 aliphatic rings. The van der Waals surface area contributed by atoms with E-state index in [9.17, 15) is 9.59 Å². The summed E-state index contributed by atoms with van der Waals surface area (Å²) in [6.07, 6.45) is 2.76.